The van der Waals surface area contributed by atoms with E-state index in [0.717, 1.165) is 19.1 Å². The van der Waals surface area contributed by atoms with Gasteiger partial charge in [0.15, 0.2) is 0 Å². The fourth-order valence-electron chi connectivity index (χ4n) is 5.48. The lowest BCUT2D eigenvalue weighted by Crippen LogP contribution is -2.54. The molecule has 1 fully saturated rings. The van der Waals surface area contributed by atoms with Crippen LogP contribution in [0, 0.1) is 22.7 Å². The maximum absolute atomic E-state index is 13.2. The summed E-state index contributed by atoms with van der Waals surface area (Å²) in [5.41, 5.74) is 2.07. The van der Waals surface area contributed by atoms with Crippen molar-refractivity contribution in [3.05, 3.63) is 22.8 Å². The molecule has 1 unspecified atom stereocenters. The van der Waals surface area contributed by atoms with Gasteiger partial charge >= 0.3 is 0 Å². The first-order valence-corrected chi connectivity index (χ1v) is 9.33. The molecule has 25 heavy (non-hydrogen) atoms. The Morgan fingerprint density at radius 1 is 1.36 bits per heavy atom. The minimum Gasteiger partial charge on any atom is -0.389 e. The molecule has 0 radical (unpaired) electrons. The van der Waals surface area contributed by atoms with Crippen LogP contribution < -0.4 is 0 Å². The zero-order valence-electron chi connectivity index (χ0n) is 16.0. The van der Waals surface area contributed by atoms with Gasteiger partial charge in [0.1, 0.15) is 18.2 Å². The van der Waals surface area contributed by atoms with Gasteiger partial charge in [0.05, 0.1) is 6.10 Å². The Balaban J connectivity index is 2.19. The molecule has 0 saturated heterocycles. The summed E-state index contributed by atoms with van der Waals surface area (Å²) < 4.78 is 5.47. The number of aldehydes is 1. The quantitative estimate of drug-likeness (QED) is 0.629. The summed E-state index contributed by atoms with van der Waals surface area (Å²) >= 11 is 0. The maximum atomic E-state index is 13.2. The van der Waals surface area contributed by atoms with Crippen LogP contribution in [0.3, 0.4) is 0 Å². The van der Waals surface area contributed by atoms with Gasteiger partial charge in [0.2, 0.25) is 0 Å². The number of hydrogen-bond acceptors (Lipinski definition) is 4. The Labute approximate surface area is 150 Å². The summed E-state index contributed by atoms with van der Waals surface area (Å²) in [7, 11) is 1.51. The fraction of sp³-hybridized carbons (Fsp3) is 0.714. The molecule has 138 valence electrons. The lowest BCUT2D eigenvalue weighted by molar-refractivity contribution is -0.142. The Bertz CT molecular complexity index is 659. The normalized spacial score (nSPS) is 41.3. The van der Waals surface area contributed by atoms with Gasteiger partial charge in [0.25, 0.3) is 0 Å². The van der Waals surface area contributed by atoms with Crippen molar-refractivity contribution in [3.8, 4) is 0 Å². The average molecular weight is 346 g/mol. The second-order valence-electron chi connectivity index (χ2n) is 8.74. The summed E-state index contributed by atoms with van der Waals surface area (Å²) in [6.45, 7) is 8.44. The maximum Gasteiger partial charge on any atom is 0.148 e. The summed E-state index contributed by atoms with van der Waals surface area (Å²) in [6, 6.07) is 0. The topological polar surface area (TPSA) is 63.6 Å². The molecule has 0 spiro atoms. The fourth-order valence-corrected chi connectivity index (χ4v) is 5.48. The highest BCUT2D eigenvalue weighted by molar-refractivity contribution is 5.91. The van der Waals surface area contributed by atoms with E-state index in [1.807, 2.05) is 13.0 Å². The van der Waals surface area contributed by atoms with Crippen LogP contribution in [0.1, 0.15) is 53.4 Å². The van der Waals surface area contributed by atoms with E-state index in [9.17, 15) is 14.7 Å². The van der Waals surface area contributed by atoms with Crippen LogP contribution in [-0.4, -0.2) is 36.5 Å². The molecule has 5 atom stereocenters. The van der Waals surface area contributed by atoms with E-state index in [4.69, 9.17) is 4.74 Å². The van der Waals surface area contributed by atoms with Gasteiger partial charge < -0.3 is 9.84 Å². The van der Waals surface area contributed by atoms with E-state index >= 15 is 0 Å². The number of aliphatic hydroxyl groups is 1. The highest BCUT2D eigenvalue weighted by Crippen LogP contribution is 2.61. The van der Waals surface area contributed by atoms with Gasteiger partial charge in [-0.3, -0.25) is 9.59 Å². The van der Waals surface area contributed by atoms with Crippen LogP contribution in [0.2, 0.25) is 0 Å². The van der Waals surface area contributed by atoms with Crippen molar-refractivity contribution in [2.75, 3.05) is 7.11 Å². The van der Waals surface area contributed by atoms with Crippen LogP contribution in [-0.2, 0) is 14.3 Å². The van der Waals surface area contributed by atoms with Crippen molar-refractivity contribution < 1.29 is 19.4 Å². The summed E-state index contributed by atoms with van der Waals surface area (Å²) in [4.78, 5) is 24.7. The molecule has 3 rings (SSSR count). The van der Waals surface area contributed by atoms with E-state index in [0.29, 0.717) is 24.3 Å². The minimum atomic E-state index is -0.878. The lowest BCUT2D eigenvalue weighted by atomic mass is 9.53. The van der Waals surface area contributed by atoms with Gasteiger partial charge in [-0.15, -0.1) is 0 Å². The summed E-state index contributed by atoms with van der Waals surface area (Å²) in [5, 5.41) is 11.2. The molecule has 0 aromatic carbocycles. The highest BCUT2D eigenvalue weighted by Gasteiger charge is 2.60. The molecule has 4 heteroatoms. The standard InChI is InChI=1S/C21H30O4/c1-12(2)14-8-9-20(3)16(23)10-21(4)15(17(14)20)7-6-13(11-22)18(25-5)19(21)24/h6,11-12,15,18-19,24H,7-10H2,1-5H3/t15?,18-,19+,20-,21-/m1/s1. The van der Waals surface area contributed by atoms with Crippen molar-refractivity contribution >= 4 is 12.1 Å². The van der Waals surface area contributed by atoms with Gasteiger partial charge in [-0.25, -0.2) is 0 Å². The number of methoxy groups -OCH3 is 1. The molecule has 0 amide bonds. The number of allylic oxidation sites excluding steroid dienone is 3. The number of fused-ring (bicyclic) bond motifs is 3. The number of carbonyl (C=O) groups is 2. The molecule has 3 aliphatic rings. The number of Topliss-reactive ketones (excluding diaryl/α,β-unsaturated/α-hetero) is 1. The SMILES string of the molecule is CO[C@@H]1C(C=O)=CCC2C3=C(C(C)C)CC[C@]3(C)C(=O)C[C@@]2(C)[C@H]1O. The van der Waals surface area contributed by atoms with Gasteiger partial charge in [-0.1, -0.05) is 38.0 Å². The molecule has 0 aromatic heterocycles. The Morgan fingerprint density at radius 2 is 2.04 bits per heavy atom. The minimum absolute atomic E-state index is 0.0696. The van der Waals surface area contributed by atoms with Gasteiger partial charge in [-0.2, -0.15) is 0 Å². The van der Waals surface area contributed by atoms with Crippen molar-refractivity contribution in [1.82, 2.24) is 0 Å². The molecule has 1 N–H and O–H groups in total. The molecule has 0 aromatic rings. The zero-order chi connectivity index (χ0) is 18.6. The van der Waals surface area contributed by atoms with E-state index in [-0.39, 0.29) is 11.7 Å². The second-order valence-corrected chi connectivity index (χ2v) is 8.74. The van der Waals surface area contributed by atoms with Crippen molar-refractivity contribution in [3.63, 3.8) is 0 Å². The van der Waals surface area contributed by atoms with Crippen LogP contribution in [0.4, 0.5) is 0 Å². The van der Waals surface area contributed by atoms with E-state index < -0.39 is 23.0 Å². The number of ketones is 1. The Kier molecular flexibility index (Phi) is 4.57. The Hall–Kier alpha value is -1.26. The second kappa shape index (κ2) is 6.17. The predicted molar refractivity (Wildman–Crippen MR) is 96.0 cm³/mol. The molecule has 0 bridgehead atoms. The summed E-state index contributed by atoms with van der Waals surface area (Å²) in [6.07, 6.45) is 3.99. The van der Waals surface area contributed by atoms with Crippen molar-refractivity contribution in [2.45, 2.75) is 65.6 Å². The third-order valence-electron chi connectivity index (χ3n) is 7.10. The van der Waals surface area contributed by atoms with E-state index in [1.54, 1.807) is 0 Å². The molecule has 0 heterocycles. The third-order valence-corrected chi connectivity index (χ3v) is 7.10. The molecule has 0 aliphatic heterocycles. The molecular weight excluding hydrogens is 316 g/mol. The van der Waals surface area contributed by atoms with Crippen LogP contribution in [0.25, 0.3) is 0 Å². The summed E-state index contributed by atoms with van der Waals surface area (Å²) in [5.74, 6) is 0.681. The first kappa shape index (κ1) is 18.5. The Morgan fingerprint density at radius 3 is 2.60 bits per heavy atom. The number of ether oxygens (including phenoxy) is 1. The number of aliphatic hydroxyl groups excluding tert-OH is 1. The molecule has 4 nitrogen and oxygen atoms in total. The highest BCUT2D eigenvalue weighted by atomic mass is 16.5. The predicted octanol–water partition coefficient (Wildman–Crippen LogP) is 3.24. The van der Waals surface area contributed by atoms with Crippen molar-refractivity contribution in [1.29, 1.82) is 0 Å². The number of carbonyl (C=O) groups excluding carboxylic acids is 2. The molecule has 3 aliphatic carbocycles. The first-order chi connectivity index (χ1) is 11.7. The largest absolute Gasteiger partial charge is 0.389 e. The van der Waals surface area contributed by atoms with Gasteiger partial charge in [0, 0.05) is 29.9 Å². The first-order valence-electron chi connectivity index (χ1n) is 9.33. The van der Waals surface area contributed by atoms with Crippen LogP contribution >= 0.6 is 0 Å². The van der Waals surface area contributed by atoms with E-state index in [2.05, 4.69) is 20.8 Å². The smallest absolute Gasteiger partial charge is 0.148 e. The molecule has 1 saturated carbocycles. The third kappa shape index (κ3) is 2.48. The van der Waals surface area contributed by atoms with Crippen LogP contribution in [0.5, 0.6) is 0 Å². The van der Waals surface area contributed by atoms with E-state index in [1.165, 1.54) is 18.3 Å². The number of rotatable bonds is 3. The number of hydrogen-bond donors (Lipinski definition) is 1. The molecular formula is C21H30O4. The lowest BCUT2D eigenvalue weighted by Gasteiger charge is -2.51. The zero-order valence-corrected chi connectivity index (χ0v) is 16.0. The van der Waals surface area contributed by atoms with Gasteiger partial charge in [-0.05, 0) is 38.0 Å². The monoisotopic (exact) mass is 346 g/mol. The average Bonchev–Trinajstić information content (AvgIpc) is 2.87. The van der Waals surface area contributed by atoms with Crippen molar-refractivity contribution in [2.24, 2.45) is 22.7 Å². The van der Waals surface area contributed by atoms with Crippen LogP contribution in [0.15, 0.2) is 22.8 Å².